The van der Waals surface area contributed by atoms with Crippen molar-refractivity contribution in [1.82, 2.24) is 4.98 Å². The fraction of sp³-hybridized carbons (Fsp3) is 0.167. The third-order valence-electron chi connectivity index (χ3n) is 2.62. The van der Waals surface area contributed by atoms with E-state index in [4.69, 9.17) is 5.11 Å². The molecular weight excluding hydrogens is 222 g/mol. The fourth-order valence-corrected chi connectivity index (χ4v) is 1.85. The zero-order chi connectivity index (χ0) is 12.6. The van der Waals surface area contributed by atoms with Crippen molar-refractivity contribution < 1.29 is 19.4 Å². The van der Waals surface area contributed by atoms with Crippen LogP contribution in [0.2, 0.25) is 0 Å². The van der Waals surface area contributed by atoms with Gasteiger partial charge in [-0.05, 0) is 25.1 Å². The molecule has 5 nitrogen and oxygen atoms in total. The van der Waals surface area contributed by atoms with Crippen molar-refractivity contribution in [2.45, 2.75) is 6.92 Å². The third kappa shape index (κ3) is 1.75. The maximum Gasteiger partial charge on any atom is 0.338 e. The average molecular weight is 233 g/mol. The minimum Gasteiger partial charge on any atom is -0.478 e. The van der Waals surface area contributed by atoms with Crippen LogP contribution >= 0.6 is 0 Å². The Kier molecular flexibility index (Phi) is 2.59. The Balaban J connectivity index is 2.70. The van der Waals surface area contributed by atoms with Crippen LogP contribution in [0.15, 0.2) is 18.2 Å². The van der Waals surface area contributed by atoms with Gasteiger partial charge in [-0.25, -0.2) is 9.59 Å². The van der Waals surface area contributed by atoms with Crippen LogP contribution in [-0.4, -0.2) is 29.1 Å². The molecule has 0 amide bonds. The summed E-state index contributed by atoms with van der Waals surface area (Å²) in [6.07, 6.45) is 0. The number of carbonyl (C=O) groups excluding carboxylic acids is 1. The van der Waals surface area contributed by atoms with E-state index in [0.29, 0.717) is 22.2 Å². The van der Waals surface area contributed by atoms with Crippen LogP contribution in [0.4, 0.5) is 0 Å². The van der Waals surface area contributed by atoms with E-state index in [1.807, 2.05) is 0 Å². The van der Waals surface area contributed by atoms with Crippen molar-refractivity contribution in [3.63, 3.8) is 0 Å². The summed E-state index contributed by atoms with van der Waals surface area (Å²) in [6.45, 7) is 1.68. The predicted octanol–water partition coefficient (Wildman–Crippen LogP) is 1.96. The first-order valence-electron chi connectivity index (χ1n) is 4.98. The van der Waals surface area contributed by atoms with Gasteiger partial charge in [-0.1, -0.05) is 0 Å². The number of carboxylic acids is 1. The van der Waals surface area contributed by atoms with E-state index in [-0.39, 0.29) is 5.56 Å². The predicted molar refractivity (Wildman–Crippen MR) is 61.3 cm³/mol. The molecule has 2 rings (SSSR count). The molecule has 0 radical (unpaired) electrons. The van der Waals surface area contributed by atoms with Gasteiger partial charge in [-0.15, -0.1) is 0 Å². The number of esters is 1. The third-order valence-corrected chi connectivity index (χ3v) is 2.62. The van der Waals surface area contributed by atoms with Gasteiger partial charge in [0.15, 0.2) is 0 Å². The lowest BCUT2D eigenvalue weighted by molar-refractivity contribution is 0.0599. The van der Waals surface area contributed by atoms with Crippen LogP contribution in [0.25, 0.3) is 10.9 Å². The number of hydrogen-bond donors (Lipinski definition) is 2. The van der Waals surface area contributed by atoms with Gasteiger partial charge in [0.05, 0.1) is 18.2 Å². The van der Waals surface area contributed by atoms with Gasteiger partial charge in [0, 0.05) is 16.6 Å². The zero-order valence-electron chi connectivity index (χ0n) is 9.40. The summed E-state index contributed by atoms with van der Waals surface area (Å²) >= 11 is 0. The van der Waals surface area contributed by atoms with Gasteiger partial charge in [0.1, 0.15) is 0 Å². The van der Waals surface area contributed by atoms with Gasteiger partial charge >= 0.3 is 11.9 Å². The molecule has 0 aliphatic rings. The molecule has 0 aliphatic heterocycles. The number of aryl methyl sites for hydroxylation is 1. The minimum absolute atomic E-state index is 0.186. The lowest BCUT2D eigenvalue weighted by Gasteiger charge is -1.99. The first-order valence-corrected chi connectivity index (χ1v) is 4.98. The molecule has 2 aromatic rings. The molecule has 0 saturated carbocycles. The van der Waals surface area contributed by atoms with E-state index in [1.54, 1.807) is 19.1 Å². The van der Waals surface area contributed by atoms with Gasteiger partial charge in [0.25, 0.3) is 0 Å². The molecule has 0 bridgehead atoms. The smallest absolute Gasteiger partial charge is 0.338 e. The summed E-state index contributed by atoms with van der Waals surface area (Å²) < 4.78 is 4.60. The SMILES string of the molecule is COC(=O)c1ccc2[nH]c(C)c(C(=O)O)c2c1. The highest BCUT2D eigenvalue weighted by molar-refractivity contribution is 6.06. The lowest BCUT2D eigenvalue weighted by atomic mass is 10.1. The molecule has 1 aromatic carbocycles. The second kappa shape index (κ2) is 3.93. The van der Waals surface area contributed by atoms with Crippen molar-refractivity contribution in [1.29, 1.82) is 0 Å². The first kappa shape index (κ1) is 11.2. The number of carboxylic acid groups (broad SMARTS) is 1. The quantitative estimate of drug-likeness (QED) is 0.777. The molecule has 2 N–H and O–H groups in total. The van der Waals surface area contributed by atoms with Crippen molar-refractivity contribution in [3.05, 3.63) is 35.0 Å². The van der Waals surface area contributed by atoms with E-state index in [9.17, 15) is 9.59 Å². The summed E-state index contributed by atoms with van der Waals surface area (Å²) in [5, 5.41) is 9.62. The Bertz CT molecular complexity index is 612. The van der Waals surface area contributed by atoms with E-state index >= 15 is 0 Å². The Morgan fingerprint density at radius 1 is 1.35 bits per heavy atom. The minimum atomic E-state index is -1.02. The number of aromatic amines is 1. The number of carbonyl (C=O) groups is 2. The molecular formula is C12H11NO4. The van der Waals surface area contributed by atoms with Crippen LogP contribution < -0.4 is 0 Å². The van der Waals surface area contributed by atoms with Crippen molar-refractivity contribution >= 4 is 22.8 Å². The van der Waals surface area contributed by atoms with Crippen molar-refractivity contribution in [2.75, 3.05) is 7.11 Å². The Hall–Kier alpha value is -2.30. The Labute approximate surface area is 97.0 Å². The lowest BCUT2D eigenvalue weighted by Crippen LogP contribution is -2.01. The summed E-state index contributed by atoms with van der Waals surface area (Å²) in [4.78, 5) is 25.4. The molecule has 88 valence electrons. The number of rotatable bonds is 2. The number of aromatic nitrogens is 1. The number of H-pyrrole nitrogens is 1. The summed E-state index contributed by atoms with van der Waals surface area (Å²) in [5.41, 5.74) is 1.77. The van der Waals surface area contributed by atoms with Crippen LogP contribution in [0.5, 0.6) is 0 Å². The number of nitrogens with one attached hydrogen (secondary N) is 1. The maximum absolute atomic E-state index is 11.4. The molecule has 1 aromatic heterocycles. The second-order valence-corrected chi connectivity index (χ2v) is 3.68. The zero-order valence-corrected chi connectivity index (χ0v) is 9.40. The molecule has 0 fully saturated rings. The fourth-order valence-electron chi connectivity index (χ4n) is 1.85. The molecule has 0 unspecified atom stereocenters. The summed E-state index contributed by atoms with van der Waals surface area (Å²) in [7, 11) is 1.28. The van der Waals surface area contributed by atoms with Gasteiger partial charge < -0.3 is 14.8 Å². The highest BCUT2D eigenvalue weighted by Crippen LogP contribution is 2.23. The molecule has 0 aliphatic carbocycles. The van der Waals surface area contributed by atoms with Crippen LogP contribution in [0.1, 0.15) is 26.4 Å². The molecule has 0 spiro atoms. The average Bonchev–Trinajstić information content (AvgIpc) is 2.62. The van der Waals surface area contributed by atoms with E-state index in [0.717, 1.165) is 0 Å². The van der Waals surface area contributed by atoms with Crippen LogP contribution in [-0.2, 0) is 4.74 Å². The van der Waals surface area contributed by atoms with Crippen molar-refractivity contribution in [2.24, 2.45) is 0 Å². The molecule has 0 atom stereocenters. The number of hydrogen-bond acceptors (Lipinski definition) is 3. The van der Waals surface area contributed by atoms with Gasteiger partial charge in [0.2, 0.25) is 0 Å². The summed E-state index contributed by atoms with van der Waals surface area (Å²) in [6, 6.07) is 4.78. The molecule has 5 heteroatoms. The first-order chi connectivity index (χ1) is 8.04. The number of ether oxygens (including phenoxy) is 1. The highest BCUT2D eigenvalue weighted by atomic mass is 16.5. The van der Waals surface area contributed by atoms with Gasteiger partial charge in [-0.3, -0.25) is 0 Å². The highest BCUT2D eigenvalue weighted by Gasteiger charge is 2.16. The standard InChI is InChI=1S/C12H11NO4/c1-6-10(11(14)15)8-5-7(12(16)17-2)3-4-9(8)13-6/h3-5,13H,1-2H3,(H,14,15). The number of methoxy groups -OCH3 is 1. The number of benzene rings is 1. The topological polar surface area (TPSA) is 79.4 Å². The van der Waals surface area contributed by atoms with E-state index < -0.39 is 11.9 Å². The Morgan fingerprint density at radius 3 is 2.65 bits per heavy atom. The van der Waals surface area contributed by atoms with E-state index in [1.165, 1.54) is 13.2 Å². The summed E-state index contributed by atoms with van der Waals surface area (Å²) in [5.74, 6) is -1.50. The van der Waals surface area contributed by atoms with Crippen LogP contribution in [0, 0.1) is 6.92 Å². The largest absolute Gasteiger partial charge is 0.478 e. The second-order valence-electron chi connectivity index (χ2n) is 3.68. The number of aromatic carboxylic acids is 1. The maximum atomic E-state index is 11.4. The molecule has 0 saturated heterocycles. The Morgan fingerprint density at radius 2 is 2.06 bits per heavy atom. The van der Waals surface area contributed by atoms with Crippen LogP contribution in [0.3, 0.4) is 0 Å². The van der Waals surface area contributed by atoms with Crippen molar-refractivity contribution in [3.8, 4) is 0 Å². The molecule has 1 heterocycles. The molecule has 17 heavy (non-hydrogen) atoms. The normalized spacial score (nSPS) is 10.5. The van der Waals surface area contributed by atoms with Gasteiger partial charge in [-0.2, -0.15) is 0 Å². The number of fused-ring (bicyclic) bond motifs is 1. The monoisotopic (exact) mass is 233 g/mol. The van der Waals surface area contributed by atoms with E-state index in [2.05, 4.69) is 9.72 Å².